The minimum atomic E-state index is -3.64. The summed E-state index contributed by atoms with van der Waals surface area (Å²) in [7, 11) is -3.64. The molecular formula is C30H32N4O3S2. The van der Waals surface area contributed by atoms with Crippen molar-refractivity contribution in [2.75, 3.05) is 11.6 Å². The number of amides is 1. The van der Waals surface area contributed by atoms with Crippen molar-refractivity contribution in [3.63, 3.8) is 0 Å². The lowest BCUT2D eigenvalue weighted by Gasteiger charge is -2.34. The average Bonchev–Trinajstić information content (AvgIpc) is 3.36. The Morgan fingerprint density at radius 2 is 1.77 bits per heavy atom. The second-order valence-electron chi connectivity index (χ2n) is 9.94. The Hall–Kier alpha value is -3.40. The quantitative estimate of drug-likeness (QED) is 0.190. The summed E-state index contributed by atoms with van der Waals surface area (Å²) in [6.45, 7) is 6.58. The topological polar surface area (TPSA) is 82.9 Å². The highest BCUT2D eigenvalue weighted by molar-refractivity contribution is 7.89. The van der Waals surface area contributed by atoms with Gasteiger partial charge < -0.3 is 0 Å². The summed E-state index contributed by atoms with van der Waals surface area (Å²) in [5.74, 6) is -0.387. The van der Waals surface area contributed by atoms with Crippen molar-refractivity contribution in [2.24, 2.45) is 5.10 Å². The number of rotatable bonds is 7. The largest absolute Gasteiger partial charge is 0.280 e. The van der Waals surface area contributed by atoms with Gasteiger partial charge in [-0.25, -0.2) is 13.4 Å². The fraction of sp³-hybridized carbons (Fsp3) is 0.300. The van der Waals surface area contributed by atoms with E-state index in [1.165, 1.54) is 28.5 Å². The average molecular weight is 561 g/mol. The number of hydrogen-bond donors (Lipinski definition) is 0. The van der Waals surface area contributed by atoms with E-state index in [1.54, 1.807) is 22.7 Å². The van der Waals surface area contributed by atoms with E-state index in [0.29, 0.717) is 17.2 Å². The van der Waals surface area contributed by atoms with Gasteiger partial charge in [-0.05, 0) is 80.6 Å². The molecule has 39 heavy (non-hydrogen) atoms. The van der Waals surface area contributed by atoms with Crippen molar-refractivity contribution in [1.29, 1.82) is 0 Å². The molecule has 4 aromatic rings. The third-order valence-electron chi connectivity index (χ3n) is 7.06. The molecule has 7 nitrogen and oxygen atoms in total. The fourth-order valence-corrected chi connectivity index (χ4v) is 7.59. The normalized spacial score (nSPS) is 16.6. The van der Waals surface area contributed by atoms with Gasteiger partial charge in [-0.3, -0.25) is 4.79 Å². The molecular weight excluding hydrogens is 528 g/mol. The van der Waals surface area contributed by atoms with Crippen LogP contribution >= 0.6 is 11.3 Å². The van der Waals surface area contributed by atoms with Crippen LogP contribution in [0.25, 0.3) is 10.2 Å². The highest BCUT2D eigenvalue weighted by atomic mass is 32.2. The molecule has 1 aliphatic rings. The second kappa shape index (κ2) is 11.4. The Morgan fingerprint density at radius 1 is 1.05 bits per heavy atom. The molecule has 0 spiro atoms. The number of carbonyl (C=O) groups excluding carboxylic acids is 1. The number of aromatic nitrogens is 1. The molecule has 202 valence electrons. The van der Waals surface area contributed by atoms with Crippen molar-refractivity contribution in [3.05, 3.63) is 89.0 Å². The van der Waals surface area contributed by atoms with Gasteiger partial charge in [0, 0.05) is 18.2 Å². The van der Waals surface area contributed by atoms with Crippen molar-refractivity contribution >= 4 is 48.8 Å². The number of fused-ring (bicyclic) bond motifs is 1. The van der Waals surface area contributed by atoms with Crippen molar-refractivity contribution in [2.45, 2.75) is 57.4 Å². The Morgan fingerprint density at radius 3 is 2.49 bits per heavy atom. The number of hydrazone groups is 1. The summed E-state index contributed by atoms with van der Waals surface area (Å²) in [5, 5.41) is 6.27. The van der Waals surface area contributed by atoms with Crippen LogP contribution in [0, 0.1) is 13.8 Å². The first-order valence-electron chi connectivity index (χ1n) is 13.2. The predicted octanol–water partition coefficient (Wildman–Crippen LogP) is 6.55. The third kappa shape index (κ3) is 5.80. The van der Waals surface area contributed by atoms with Crippen molar-refractivity contribution in [1.82, 2.24) is 9.29 Å². The van der Waals surface area contributed by atoms with Gasteiger partial charge in [-0.1, -0.05) is 60.6 Å². The Kier molecular flexibility index (Phi) is 7.93. The number of thiazole rings is 1. The smallest absolute Gasteiger partial charge is 0.267 e. The first-order chi connectivity index (χ1) is 18.8. The van der Waals surface area contributed by atoms with E-state index in [0.717, 1.165) is 52.6 Å². The van der Waals surface area contributed by atoms with Gasteiger partial charge in [-0.15, -0.1) is 0 Å². The SMILES string of the molecule is CCC1CCCCN1S(=O)(=O)c1ccc(C(=O)N(/N=C/c2ccc(C)cc2)c2nc3ccc(C)cc3s2)cc1. The monoisotopic (exact) mass is 560 g/mol. The summed E-state index contributed by atoms with van der Waals surface area (Å²) < 4.78 is 29.4. The summed E-state index contributed by atoms with van der Waals surface area (Å²) in [6.07, 6.45) is 5.20. The zero-order chi connectivity index (χ0) is 27.6. The molecule has 0 bridgehead atoms. The minimum absolute atomic E-state index is 0.0133. The standard InChI is InChI=1S/C30H32N4O3S2/c1-4-25-7-5-6-18-33(25)39(36,37)26-15-13-24(14-16-26)29(35)34(31-20-23-11-8-21(2)9-12-23)30-32-27-17-10-22(3)19-28(27)38-30/h8-17,19-20,25H,4-7,18H2,1-3H3/b31-20+. The van der Waals surface area contributed by atoms with Crippen LogP contribution in [-0.2, 0) is 10.0 Å². The number of aryl methyl sites for hydroxylation is 2. The second-order valence-corrected chi connectivity index (χ2v) is 12.8. The molecule has 9 heteroatoms. The van der Waals surface area contributed by atoms with Crippen LogP contribution in [0.3, 0.4) is 0 Å². The first-order valence-corrected chi connectivity index (χ1v) is 15.5. The fourth-order valence-electron chi connectivity index (χ4n) is 4.80. The maximum Gasteiger partial charge on any atom is 0.280 e. The molecule has 0 saturated carbocycles. The van der Waals surface area contributed by atoms with E-state index in [9.17, 15) is 13.2 Å². The number of hydrogen-bond acceptors (Lipinski definition) is 6. The zero-order valence-electron chi connectivity index (χ0n) is 22.4. The van der Waals surface area contributed by atoms with Gasteiger partial charge in [0.25, 0.3) is 5.91 Å². The van der Waals surface area contributed by atoms with Crippen LogP contribution in [0.2, 0.25) is 0 Å². The summed E-state index contributed by atoms with van der Waals surface area (Å²) in [6, 6.07) is 20.0. The lowest BCUT2D eigenvalue weighted by Crippen LogP contribution is -2.43. The maximum absolute atomic E-state index is 13.7. The van der Waals surface area contributed by atoms with E-state index >= 15 is 0 Å². The molecule has 1 aromatic heterocycles. The van der Waals surface area contributed by atoms with E-state index in [2.05, 4.69) is 10.1 Å². The van der Waals surface area contributed by atoms with E-state index < -0.39 is 10.0 Å². The molecule has 5 rings (SSSR count). The number of piperidine rings is 1. The molecule has 2 heterocycles. The molecule has 0 radical (unpaired) electrons. The van der Waals surface area contributed by atoms with Gasteiger partial charge in [0.2, 0.25) is 15.2 Å². The van der Waals surface area contributed by atoms with E-state index in [4.69, 9.17) is 0 Å². The number of carbonyl (C=O) groups is 1. The van der Waals surface area contributed by atoms with Gasteiger partial charge in [-0.2, -0.15) is 14.4 Å². The summed E-state index contributed by atoms with van der Waals surface area (Å²) in [4.78, 5) is 18.6. The third-order valence-corrected chi connectivity index (χ3v) is 10.0. The molecule has 1 fully saturated rings. The van der Waals surface area contributed by atoms with Crippen LogP contribution in [0.1, 0.15) is 59.7 Å². The van der Waals surface area contributed by atoms with Crippen molar-refractivity contribution in [3.8, 4) is 0 Å². The van der Waals surface area contributed by atoms with Crippen LogP contribution in [-0.4, -0.2) is 42.4 Å². The molecule has 0 N–H and O–H groups in total. The molecule has 1 unspecified atom stereocenters. The van der Waals surface area contributed by atoms with Crippen molar-refractivity contribution < 1.29 is 13.2 Å². The number of sulfonamides is 1. The van der Waals surface area contributed by atoms with Gasteiger partial charge in [0.15, 0.2) is 0 Å². The van der Waals surface area contributed by atoms with Crippen LogP contribution < -0.4 is 5.01 Å². The van der Waals surface area contributed by atoms with Crippen LogP contribution in [0.15, 0.2) is 76.7 Å². The van der Waals surface area contributed by atoms with E-state index in [-0.39, 0.29) is 16.8 Å². The lowest BCUT2D eigenvalue weighted by atomic mass is 10.0. The number of anilines is 1. The van der Waals surface area contributed by atoms with E-state index in [1.807, 2.05) is 63.2 Å². The highest BCUT2D eigenvalue weighted by Crippen LogP contribution is 2.31. The summed E-state index contributed by atoms with van der Waals surface area (Å²) in [5.41, 5.74) is 4.21. The van der Waals surface area contributed by atoms with Gasteiger partial charge in [0.05, 0.1) is 21.3 Å². The highest BCUT2D eigenvalue weighted by Gasteiger charge is 2.32. The molecule has 3 aromatic carbocycles. The Balaban J connectivity index is 1.47. The van der Waals surface area contributed by atoms with Crippen LogP contribution in [0.4, 0.5) is 5.13 Å². The van der Waals surface area contributed by atoms with Gasteiger partial charge in [0.1, 0.15) is 0 Å². The van der Waals surface area contributed by atoms with Gasteiger partial charge >= 0.3 is 0 Å². The molecule has 1 atom stereocenters. The first kappa shape index (κ1) is 27.2. The number of nitrogens with zero attached hydrogens (tertiary/aromatic N) is 4. The number of benzene rings is 3. The predicted molar refractivity (Wildman–Crippen MR) is 158 cm³/mol. The Labute approximate surface area is 233 Å². The maximum atomic E-state index is 13.7. The molecule has 0 aliphatic carbocycles. The molecule has 1 saturated heterocycles. The molecule has 1 amide bonds. The lowest BCUT2D eigenvalue weighted by molar-refractivity contribution is 0.0987. The molecule has 1 aliphatic heterocycles. The summed E-state index contributed by atoms with van der Waals surface area (Å²) >= 11 is 1.39. The minimum Gasteiger partial charge on any atom is -0.267 e. The zero-order valence-corrected chi connectivity index (χ0v) is 24.0. The van der Waals surface area contributed by atoms with Crippen LogP contribution in [0.5, 0.6) is 0 Å². The Bertz CT molecular complexity index is 1610.